The average Bonchev–Trinajstić information content (AvgIpc) is 2.75. The molecule has 20 heavy (non-hydrogen) atoms. The number of likely N-dealkylation sites (tertiary alicyclic amines) is 1. The maximum atomic E-state index is 12.7. The topological polar surface area (TPSA) is 66.6 Å². The van der Waals surface area contributed by atoms with Gasteiger partial charge in [0.05, 0.1) is 0 Å². The highest BCUT2D eigenvalue weighted by atomic mass is 16.2. The van der Waals surface area contributed by atoms with Crippen LogP contribution in [0.1, 0.15) is 40.5 Å². The first-order chi connectivity index (χ1) is 9.19. The summed E-state index contributed by atoms with van der Waals surface area (Å²) in [5.74, 6) is 0.244. The number of carbonyl (C=O) groups excluding carboxylic acids is 2. The third-order valence-corrected chi connectivity index (χ3v) is 3.92. The third kappa shape index (κ3) is 3.95. The van der Waals surface area contributed by atoms with Crippen LogP contribution >= 0.6 is 0 Å². The maximum Gasteiger partial charge on any atom is 0.245 e. The molecule has 0 aromatic heterocycles. The highest BCUT2D eigenvalue weighted by Gasteiger charge is 2.37. The zero-order chi connectivity index (χ0) is 15.5. The van der Waals surface area contributed by atoms with E-state index in [-0.39, 0.29) is 29.2 Å². The van der Waals surface area contributed by atoms with Crippen LogP contribution in [0.4, 0.5) is 0 Å². The molecule has 1 atom stereocenters. The minimum absolute atomic E-state index is 0.0248. The fraction of sp³-hybridized carbons (Fsp3) is 0.867. The van der Waals surface area contributed by atoms with Crippen LogP contribution in [0.25, 0.3) is 0 Å². The average molecular weight is 283 g/mol. The standard InChI is InChI=1S/C15H29N3O2/c1-11(2)13(18-8-6-7-12(18)19)14(20)17(5)10-15(3,4)9-16/h11,13H,6-10,16H2,1-5H3. The highest BCUT2D eigenvalue weighted by Crippen LogP contribution is 2.22. The minimum Gasteiger partial charge on any atom is -0.343 e. The fourth-order valence-electron chi connectivity index (χ4n) is 2.75. The quantitative estimate of drug-likeness (QED) is 0.793. The summed E-state index contributed by atoms with van der Waals surface area (Å²) in [5.41, 5.74) is 5.62. The van der Waals surface area contributed by atoms with Crippen LogP contribution in [0.15, 0.2) is 0 Å². The van der Waals surface area contributed by atoms with E-state index in [2.05, 4.69) is 0 Å². The number of likely N-dealkylation sites (N-methyl/N-ethyl adjacent to an activating group) is 1. The molecule has 1 aliphatic rings. The molecule has 5 heteroatoms. The lowest BCUT2D eigenvalue weighted by Crippen LogP contribution is -2.52. The molecule has 0 saturated carbocycles. The van der Waals surface area contributed by atoms with E-state index >= 15 is 0 Å². The van der Waals surface area contributed by atoms with Crippen molar-refractivity contribution in [3.63, 3.8) is 0 Å². The van der Waals surface area contributed by atoms with Gasteiger partial charge in [0.2, 0.25) is 11.8 Å². The Labute approximate surface area is 122 Å². The lowest BCUT2D eigenvalue weighted by atomic mass is 9.92. The van der Waals surface area contributed by atoms with Gasteiger partial charge in [-0.15, -0.1) is 0 Å². The number of amides is 2. The number of rotatable bonds is 6. The molecule has 2 N–H and O–H groups in total. The molecule has 0 aliphatic carbocycles. The van der Waals surface area contributed by atoms with Gasteiger partial charge in [0.25, 0.3) is 0 Å². The molecule has 0 radical (unpaired) electrons. The van der Waals surface area contributed by atoms with Crippen molar-refractivity contribution in [2.75, 3.05) is 26.7 Å². The minimum atomic E-state index is -0.344. The lowest BCUT2D eigenvalue weighted by Gasteiger charge is -2.36. The van der Waals surface area contributed by atoms with Gasteiger partial charge in [-0.05, 0) is 24.3 Å². The summed E-state index contributed by atoms with van der Waals surface area (Å²) in [6, 6.07) is -0.344. The SMILES string of the molecule is CC(C)C(C(=O)N(C)CC(C)(C)CN)N1CCCC1=O. The van der Waals surface area contributed by atoms with Crippen LogP contribution in [0.3, 0.4) is 0 Å². The van der Waals surface area contributed by atoms with Crippen LogP contribution in [0.5, 0.6) is 0 Å². The Balaban J connectivity index is 2.81. The fourth-order valence-corrected chi connectivity index (χ4v) is 2.75. The van der Waals surface area contributed by atoms with Crippen molar-refractivity contribution in [2.45, 2.75) is 46.6 Å². The smallest absolute Gasteiger partial charge is 0.245 e. The van der Waals surface area contributed by atoms with Gasteiger partial charge < -0.3 is 15.5 Å². The first-order valence-electron chi connectivity index (χ1n) is 7.44. The number of hydrogen-bond donors (Lipinski definition) is 1. The van der Waals surface area contributed by atoms with Crippen molar-refractivity contribution < 1.29 is 9.59 Å². The Kier molecular flexibility index (Phi) is 5.57. The Hall–Kier alpha value is -1.10. The zero-order valence-electron chi connectivity index (χ0n) is 13.5. The van der Waals surface area contributed by atoms with E-state index in [1.54, 1.807) is 16.8 Å². The molecule has 1 saturated heterocycles. The van der Waals surface area contributed by atoms with Crippen LogP contribution in [-0.2, 0) is 9.59 Å². The van der Waals surface area contributed by atoms with Crippen LogP contribution < -0.4 is 5.73 Å². The molecule has 5 nitrogen and oxygen atoms in total. The molecule has 0 aromatic carbocycles. The molecule has 1 heterocycles. The molecule has 1 fully saturated rings. The summed E-state index contributed by atoms with van der Waals surface area (Å²) in [4.78, 5) is 28.1. The molecule has 0 aromatic rings. The molecule has 1 unspecified atom stereocenters. The van der Waals surface area contributed by atoms with E-state index < -0.39 is 0 Å². The summed E-state index contributed by atoms with van der Waals surface area (Å²) in [6.45, 7) is 9.91. The van der Waals surface area contributed by atoms with Crippen molar-refractivity contribution in [3.8, 4) is 0 Å². The molecular formula is C15H29N3O2. The molecule has 0 bridgehead atoms. The monoisotopic (exact) mass is 283 g/mol. The van der Waals surface area contributed by atoms with Crippen LogP contribution in [0, 0.1) is 11.3 Å². The molecular weight excluding hydrogens is 254 g/mol. The van der Waals surface area contributed by atoms with Crippen molar-refractivity contribution in [1.82, 2.24) is 9.80 Å². The van der Waals surface area contributed by atoms with Gasteiger partial charge in [-0.25, -0.2) is 0 Å². The first kappa shape index (κ1) is 17.0. The second-order valence-corrected chi connectivity index (χ2v) is 6.94. The van der Waals surface area contributed by atoms with Gasteiger partial charge in [0.1, 0.15) is 6.04 Å². The predicted molar refractivity (Wildman–Crippen MR) is 80.0 cm³/mol. The van der Waals surface area contributed by atoms with Gasteiger partial charge in [0, 0.05) is 26.6 Å². The van der Waals surface area contributed by atoms with Crippen molar-refractivity contribution in [3.05, 3.63) is 0 Å². The van der Waals surface area contributed by atoms with Crippen LogP contribution in [-0.4, -0.2) is 54.3 Å². The van der Waals surface area contributed by atoms with Crippen molar-refractivity contribution >= 4 is 11.8 Å². The van der Waals surface area contributed by atoms with E-state index in [4.69, 9.17) is 5.73 Å². The Morgan fingerprint density at radius 1 is 1.45 bits per heavy atom. The highest BCUT2D eigenvalue weighted by molar-refractivity contribution is 5.88. The van der Waals surface area contributed by atoms with Crippen LogP contribution in [0.2, 0.25) is 0 Å². The largest absolute Gasteiger partial charge is 0.343 e. The van der Waals surface area contributed by atoms with E-state index in [0.29, 0.717) is 26.1 Å². The Bertz CT molecular complexity index is 366. The van der Waals surface area contributed by atoms with Gasteiger partial charge in [-0.1, -0.05) is 27.7 Å². The lowest BCUT2D eigenvalue weighted by molar-refractivity contribution is -0.145. The predicted octanol–water partition coefficient (Wildman–Crippen LogP) is 1.08. The van der Waals surface area contributed by atoms with Crippen molar-refractivity contribution in [2.24, 2.45) is 17.1 Å². The molecule has 0 spiro atoms. The number of carbonyl (C=O) groups is 2. The number of nitrogens with zero attached hydrogens (tertiary/aromatic N) is 2. The van der Waals surface area contributed by atoms with E-state index in [1.807, 2.05) is 27.7 Å². The summed E-state index contributed by atoms with van der Waals surface area (Å²) in [5, 5.41) is 0. The molecule has 1 aliphatic heterocycles. The number of hydrogen-bond acceptors (Lipinski definition) is 3. The normalized spacial score (nSPS) is 17.8. The second kappa shape index (κ2) is 6.57. The second-order valence-electron chi connectivity index (χ2n) is 6.94. The summed E-state index contributed by atoms with van der Waals surface area (Å²) < 4.78 is 0. The molecule has 116 valence electrons. The van der Waals surface area contributed by atoms with Gasteiger partial charge >= 0.3 is 0 Å². The maximum absolute atomic E-state index is 12.7. The summed E-state index contributed by atoms with van der Waals surface area (Å²) >= 11 is 0. The van der Waals surface area contributed by atoms with Gasteiger partial charge in [0.15, 0.2) is 0 Å². The third-order valence-electron chi connectivity index (χ3n) is 3.92. The molecule has 1 rings (SSSR count). The summed E-state index contributed by atoms with van der Waals surface area (Å²) in [6.07, 6.45) is 1.42. The van der Waals surface area contributed by atoms with Crippen molar-refractivity contribution in [1.29, 1.82) is 0 Å². The van der Waals surface area contributed by atoms with Gasteiger partial charge in [-0.3, -0.25) is 9.59 Å². The first-order valence-corrected chi connectivity index (χ1v) is 7.44. The Morgan fingerprint density at radius 2 is 2.05 bits per heavy atom. The van der Waals surface area contributed by atoms with E-state index in [0.717, 1.165) is 6.42 Å². The van der Waals surface area contributed by atoms with E-state index in [1.165, 1.54) is 0 Å². The van der Waals surface area contributed by atoms with E-state index in [9.17, 15) is 9.59 Å². The summed E-state index contributed by atoms with van der Waals surface area (Å²) in [7, 11) is 1.80. The van der Waals surface area contributed by atoms with Gasteiger partial charge in [-0.2, -0.15) is 0 Å². The number of nitrogens with two attached hydrogens (primary N) is 1. The molecule has 2 amide bonds. The Morgan fingerprint density at radius 3 is 2.45 bits per heavy atom. The zero-order valence-corrected chi connectivity index (χ0v) is 13.5.